The molecule has 0 radical (unpaired) electrons. The summed E-state index contributed by atoms with van der Waals surface area (Å²) in [6.45, 7) is 6.63. The Kier molecular flexibility index (Phi) is 4.20. The van der Waals surface area contributed by atoms with Crippen molar-refractivity contribution >= 4 is 34.3 Å². The second-order valence-electron chi connectivity index (χ2n) is 5.42. The number of rotatable bonds is 2. The average Bonchev–Trinajstić information content (AvgIpc) is 2.44. The summed E-state index contributed by atoms with van der Waals surface area (Å²) in [5.74, 6) is 1.20. The van der Waals surface area contributed by atoms with Crippen molar-refractivity contribution in [2.75, 3.05) is 12.3 Å². The van der Waals surface area contributed by atoms with Crippen molar-refractivity contribution in [1.82, 2.24) is 9.88 Å². The van der Waals surface area contributed by atoms with Crippen LogP contribution in [0, 0.1) is 0 Å². The lowest BCUT2D eigenvalue weighted by molar-refractivity contribution is 0.204. The van der Waals surface area contributed by atoms with E-state index in [1.807, 2.05) is 18.2 Å². The van der Waals surface area contributed by atoms with Crippen LogP contribution in [-0.4, -0.2) is 33.5 Å². The average molecular weight is 307 g/mol. The SMILES string of the molecule is CC1SCCN(Cc2cc3ccccc3nc2Cl)C1C. The topological polar surface area (TPSA) is 16.1 Å². The summed E-state index contributed by atoms with van der Waals surface area (Å²) in [6, 6.07) is 10.9. The fraction of sp³-hybridized carbons (Fsp3) is 0.438. The Hall–Kier alpha value is -0.770. The zero-order valence-electron chi connectivity index (χ0n) is 11.8. The normalized spacial score (nSPS) is 24.1. The first-order valence-corrected chi connectivity index (χ1v) is 8.47. The molecule has 20 heavy (non-hydrogen) atoms. The van der Waals surface area contributed by atoms with E-state index in [1.54, 1.807) is 0 Å². The van der Waals surface area contributed by atoms with E-state index in [0.717, 1.165) is 24.2 Å². The molecule has 0 N–H and O–H groups in total. The Morgan fingerprint density at radius 2 is 2.15 bits per heavy atom. The quantitative estimate of drug-likeness (QED) is 0.773. The molecule has 1 saturated heterocycles. The molecule has 1 aliphatic heterocycles. The highest BCUT2D eigenvalue weighted by atomic mass is 35.5. The molecule has 4 heteroatoms. The predicted molar refractivity (Wildman–Crippen MR) is 88.5 cm³/mol. The van der Waals surface area contributed by atoms with Gasteiger partial charge in [-0.15, -0.1) is 0 Å². The van der Waals surface area contributed by atoms with Gasteiger partial charge in [0.2, 0.25) is 0 Å². The van der Waals surface area contributed by atoms with Crippen molar-refractivity contribution in [3.63, 3.8) is 0 Å². The van der Waals surface area contributed by atoms with E-state index in [9.17, 15) is 0 Å². The fourth-order valence-electron chi connectivity index (χ4n) is 2.68. The zero-order valence-corrected chi connectivity index (χ0v) is 13.4. The molecule has 1 aromatic heterocycles. The van der Waals surface area contributed by atoms with Crippen molar-refractivity contribution in [2.24, 2.45) is 0 Å². The Morgan fingerprint density at radius 1 is 1.35 bits per heavy atom. The van der Waals surface area contributed by atoms with Crippen LogP contribution in [0.3, 0.4) is 0 Å². The highest BCUT2D eigenvalue weighted by Gasteiger charge is 2.25. The van der Waals surface area contributed by atoms with Crippen LogP contribution >= 0.6 is 23.4 Å². The van der Waals surface area contributed by atoms with Crippen LogP contribution in [0.4, 0.5) is 0 Å². The van der Waals surface area contributed by atoms with Crippen LogP contribution in [0.5, 0.6) is 0 Å². The maximum atomic E-state index is 6.36. The Balaban J connectivity index is 1.88. The van der Waals surface area contributed by atoms with Gasteiger partial charge in [-0.1, -0.05) is 36.7 Å². The minimum atomic E-state index is 0.580. The first-order chi connectivity index (χ1) is 9.65. The third-order valence-electron chi connectivity index (χ3n) is 4.14. The van der Waals surface area contributed by atoms with Gasteiger partial charge >= 0.3 is 0 Å². The van der Waals surface area contributed by atoms with Crippen LogP contribution in [0.2, 0.25) is 5.15 Å². The lowest BCUT2D eigenvalue weighted by Crippen LogP contribution is -2.44. The smallest absolute Gasteiger partial charge is 0.134 e. The summed E-state index contributed by atoms with van der Waals surface area (Å²) in [4.78, 5) is 7.03. The predicted octanol–water partition coefficient (Wildman–Crippen LogP) is 4.21. The number of hydrogen-bond donors (Lipinski definition) is 0. The summed E-state index contributed by atoms with van der Waals surface area (Å²) in [5, 5.41) is 2.48. The van der Waals surface area contributed by atoms with E-state index in [2.05, 4.69) is 47.6 Å². The van der Waals surface area contributed by atoms with E-state index in [4.69, 9.17) is 11.6 Å². The van der Waals surface area contributed by atoms with Gasteiger partial charge in [-0.25, -0.2) is 4.98 Å². The third-order valence-corrected chi connectivity index (χ3v) is 5.80. The summed E-state index contributed by atoms with van der Waals surface area (Å²) in [5.41, 5.74) is 2.10. The number of hydrogen-bond acceptors (Lipinski definition) is 3. The largest absolute Gasteiger partial charge is 0.294 e. The second kappa shape index (κ2) is 5.92. The lowest BCUT2D eigenvalue weighted by Gasteiger charge is -2.37. The molecule has 2 nitrogen and oxygen atoms in total. The first kappa shape index (κ1) is 14.2. The van der Waals surface area contributed by atoms with Crippen molar-refractivity contribution < 1.29 is 0 Å². The summed E-state index contributed by atoms with van der Waals surface area (Å²) < 4.78 is 0. The number of fused-ring (bicyclic) bond motifs is 1. The monoisotopic (exact) mass is 306 g/mol. The van der Waals surface area contributed by atoms with Gasteiger partial charge in [-0.2, -0.15) is 11.8 Å². The maximum absolute atomic E-state index is 6.36. The van der Waals surface area contributed by atoms with E-state index in [-0.39, 0.29) is 0 Å². The van der Waals surface area contributed by atoms with Gasteiger partial charge in [0.15, 0.2) is 0 Å². The van der Waals surface area contributed by atoms with E-state index in [1.165, 1.54) is 11.1 Å². The molecule has 106 valence electrons. The Labute approximate surface area is 129 Å². The van der Waals surface area contributed by atoms with E-state index >= 15 is 0 Å². The van der Waals surface area contributed by atoms with Gasteiger partial charge in [0.1, 0.15) is 5.15 Å². The molecule has 2 unspecified atom stereocenters. The van der Waals surface area contributed by atoms with Gasteiger partial charge in [0.25, 0.3) is 0 Å². The molecule has 1 aromatic carbocycles. The molecule has 3 rings (SSSR count). The van der Waals surface area contributed by atoms with Gasteiger partial charge in [-0.3, -0.25) is 4.90 Å². The molecule has 0 spiro atoms. The molecule has 0 amide bonds. The number of pyridine rings is 1. The maximum Gasteiger partial charge on any atom is 0.134 e. The molecule has 1 fully saturated rings. The molecule has 2 aromatic rings. The van der Waals surface area contributed by atoms with E-state index in [0.29, 0.717) is 16.4 Å². The Morgan fingerprint density at radius 3 is 3.00 bits per heavy atom. The van der Waals surface area contributed by atoms with Crippen LogP contribution in [0.1, 0.15) is 19.4 Å². The van der Waals surface area contributed by atoms with Crippen LogP contribution < -0.4 is 0 Å². The van der Waals surface area contributed by atoms with Crippen molar-refractivity contribution in [3.05, 3.63) is 41.0 Å². The van der Waals surface area contributed by atoms with Crippen molar-refractivity contribution in [2.45, 2.75) is 31.7 Å². The van der Waals surface area contributed by atoms with Crippen molar-refractivity contribution in [1.29, 1.82) is 0 Å². The number of benzene rings is 1. The lowest BCUT2D eigenvalue weighted by atomic mass is 10.1. The molecular formula is C16H19ClN2S. The third kappa shape index (κ3) is 2.80. The number of thioether (sulfide) groups is 1. The summed E-state index contributed by atoms with van der Waals surface area (Å²) in [6.07, 6.45) is 0. The fourth-order valence-corrected chi connectivity index (χ4v) is 4.05. The molecule has 2 atom stereocenters. The highest BCUT2D eigenvalue weighted by Crippen LogP contribution is 2.28. The molecule has 2 heterocycles. The zero-order chi connectivity index (χ0) is 14.1. The van der Waals surface area contributed by atoms with Crippen LogP contribution in [0.15, 0.2) is 30.3 Å². The molecule has 1 aliphatic rings. The van der Waals surface area contributed by atoms with Crippen LogP contribution in [0.25, 0.3) is 10.9 Å². The van der Waals surface area contributed by atoms with Gasteiger partial charge < -0.3 is 0 Å². The van der Waals surface area contributed by atoms with Gasteiger partial charge in [0, 0.05) is 41.1 Å². The molecule has 0 bridgehead atoms. The van der Waals surface area contributed by atoms with Gasteiger partial charge in [0.05, 0.1) is 5.52 Å². The standard InChI is InChI=1S/C16H19ClN2S/c1-11-12(2)20-8-7-19(11)10-14-9-13-5-3-4-6-15(13)18-16(14)17/h3-6,9,11-12H,7-8,10H2,1-2H3. The summed E-state index contributed by atoms with van der Waals surface area (Å²) in [7, 11) is 0. The molecule has 0 saturated carbocycles. The molecular weight excluding hydrogens is 288 g/mol. The number of nitrogens with zero attached hydrogens (tertiary/aromatic N) is 2. The first-order valence-electron chi connectivity index (χ1n) is 7.05. The second-order valence-corrected chi connectivity index (χ2v) is 7.26. The summed E-state index contributed by atoms with van der Waals surface area (Å²) >= 11 is 8.42. The van der Waals surface area contributed by atoms with Crippen LogP contribution in [-0.2, 0) is 6.54 Å². The number of halogens is 1. The number of para-hydroxylation sites is 1. The minimum Gasteiger partial charge on any atom is -0.294 e. The van der Waals surface area contributed by atoms with Crippen molar-refractivity contribution in [3.8, 4) is 0 Å². The van der Waals surface area contributed by atoms with E-state index < -0.39 is 0 Å². The minimum absolute atomic E-state index is 0.580. The van der Waals surface area contributed by atoms with Gasteiger partial charge in [-0.05, 0) is 19.1 Å². The molecule has 0 aliphatic carbocycles. The Bertz CT molecular complexity index is 616. The highest BCUT2D eigenvalue weighted by molar-refractivity contribution is 8.00. The number of aromatic nitrogens is 1.